The molecule has 19 heavy (non-hydrogen) atoms. The summed E-state index contributed by atoms with van der Waals surface area (Å²) in [5.41, 5.74) is 8.66. The van der Waals surface area contributed by atoms with Gasteiger partial charge in [0.25, 0.3) is 0 Å². The first-order valence-corrected chi connectivity index (χ1v) is 6.15. The SMILES string of the molecule is CCn1nc(C)c2nc(N)n(CCc3ncno3)c21. The molecule has 0 saturated carbocycles. The molecule has 3 aromatic rings. The van der Waals surface area contributed by atoms with E-state index >= 15 is 0 Å². The van der Waals surface area contributed by atoms with E-state index in [4.69, 9.17) is 10.3 Å². The molecule has 3 aromatic heterocycles. The van der Waals surface area contributed by atoms with Crippen LogP contribution in [-0.2, 0) is 19.5 Å². The molecule has 0 saturated heterocycles. The molecule has 0 amide bonds. The van der Waals surface area contributed by atoms with Crippen molar-refractivity contribution in [1.29, 1.82) is 0 Å². The third kappa shape index (κ3) is 1.85. The summed E-state index contributed by atoms with van der Waals surface area (Å²) in [4.78, 5) is 8.37. The molecule has 100 valence electrons. The Labute approximate surface area is 109 Å². The van der Waals surface area contributed by atoms with Crippen molar-refractivity contribution in [3.8, 4) is 0 Å². The minimum atomic E-state index is 0.484. The molecule has 0 bridgehead atoms. The number of fused-ring (bicyclic) bond motifs is 1. The highest BCUT2D eigenvalue weighted by atomic mass is 16.5. The van der Waals surface area contributed by atoms with Crippen LogP contribution in [0.15, 0.2) is 10.9 Å². The van der Waals surface area contributed by atoms with Crippen molar-refractivity contribution >= 4 is 17.1 Å². The number of aromatic nitrogens is 6. The van der Waals surface area contributed by atoms with Crippen LogP contribution in [0.4, 0.5) is 5.95 Å². The second-order valence-electron chi connectivity index (χ2n) is 4.28. The summed E-state index contributed by atoms with van der Waals surface area (Å²) in [6, 6.07) is 0. The summed E-state index contributed by atoms with van der Waals surface area (Å²) < 4.78 is 8.83. The second kappa shape index (κ2) is 4.38. The molecule has 2 N–H and O–H groups in total. The summed E-state index contributed by atoms with van der Waals surface area (Å²) in [5.74, 6) is 1.07. The molecule has 0 fully saturated rings. The molecule has 0 unspecified atom stereocenters. The maximum absolute atomic E-state index is 5.97. The first-order chi connectivity index (χ1) is 9.20. The van der Waals surface area contributed by atoms with Crippen LogP contribution in [-0.4, -0.2) is 29.5 Å². The van der Waals surface area contributed by atoms with Gasteiger partial charge in [-0.2, -0.15) is 10.1 Å². The van der Waals surface area contributed by atoms with Crippen LogP contribution in [0.5, 0.6) is 0 Å². The zero-order valence-corrected chi connectivity index (χ0v) is 10.9. The highest BCUT2D eigenvalue weighted by molar-refractivity contribution is 5.77. The van der Waals surface area contributed by atoms with Gasteiger partial charge in [-0.25, -0.2) is 9.67 Å². The summed E-state index contributed by atoms with van der Waals surface area (Å²) in [5, 5.41) is 8.03. The molecule has 0 atom stereocenters. The molecule has 8 nitrogen and oxygen atoms in total. The van der Waals surface area contributed by atoms with Gasteiger partial charge in [-0.3, -0.25) is 4.57 Å². The first kappa shape index (κ1) is 11.7. The smallest absolute Gasteiger partial charge is 0.228 e. The molecule has 3 rings (SSSR count). The molecular formula is C11H15N7O. The Balaban J connectivity index is 1.99. The van der Waals surface area contributed by atoms with Gasteiger partial charge in [-0.15, -0.1) is 0 Å². The Bertz CT molecular complexity index is 694. The zero-order chi connectivity index (χ0) is 13.4. The highest BCUT2D eigenvalue weighted by Crippen LogP contribution is 2.21. The van der Waals surface area contributed by atoms with Crippen molar-refractivity contribution in [3.63, 3.8) is 0 Å². The van der Waals surface area contributed by atoms with Gasteiger partial charge in [0.2, 0.25) is 11.8 Å². The van der Waals surface area contributed by atoms with Gasteiger partial charge in [0.1, 0.15) is 5.52 Å². The third-order valence-electron chi connectivity index (χ3n) is 3.08. The van der Waals surface area contributed by atoms with Crippen LogP contribution in [0.25, 0.3) is 11.2 Å². The zero-order valence-electron chi connectivity index (χ0n) is 10.9. The Morgan fingerprint density at radius 2 is 2.26 bits per heavy atom. The van der Waals surface area contributed by atoms with Gasteiger partial charge in [-0.1, -0.05) is 5.16 Å². The lowest BCUT2D eigenvalue weighted by molar-refractivity contribution is 0.371. The molecule has 0 aliphatic carbocycles. The molecule has 0 aromatic carbocycles. The Hall–Kier alpha value is -2.38. The molecular weight excluding hydrogens is 246 g/mol. The van der Waals surface area contributed by atoms with Gasteiger partial charge in [-0.05, 0) is 13.8 Å². The maximum atomic E-state index is 5.97. The fraction of sp³-hybridized carbons (Fsp3) is 0.455. The summed E-state index contributed by atoms with van der Waals surface area (Å²) in [7, 11) is 0. The third-order valence-corrected chi connectivity index (χ3v) is 3.08. The Morgan fingerprint density at radius 1 is 1.42 bits per heavy atom. The summed E-state index contributed by atoms with van der Waals surface area (Å²) in [6.07, 6.45) is 2.01. The molecule has 0 aliphatic rings. The maximum Gasteiger partial charge on any atom is 0.228 e. The van der Waals surface area contributed by atoms with Crippen molar-refractivity contribution in [1.82, 2.24) is 29.5 Å². The van der Waals surface area contributed by atoms with Crippen LogP contribution in [0.3, 0.4) is 0 Å². The number of aryl methyl sites for hydroxylation is 4. The van der Waals surface area contributed by atoms with E-state index in [9.17, 15) is 0 Å². The van der Waals surface area contributed by atoms with Gasteiger partial charge in [0.15, 0.2) is 12.0 Å². The topological polar surface area (TPSA) is 101 Å². The van der Waals surface area contributed by atoms with Gasteiger partial charge in [0, 0.05) is 19.5 Å². The number of anilines is 1. The molecule has 0 spiro atoms. The molecule has 0 aliphatic heterocycles. The highest BCUT2D eigenvalue weighted by Gasteiger charge is 2.16. The minimum Gasteiger partial charge on any atom is -0.369 e. The van der Waals surface area contributed by atoms with E-state index in [-0.39, 0.29) is 0 Å². The summed E-state index contributed by atoms with van der Waals surface area (Å²) in [6.45, 7) is 5.38. The average Bonchev–Trinajstić information content (AvgIpc) is 3.06. The fourth-order valence-corrected chi connectivity index (χ4v) is 2.20. The number of nitrogen functional groups attached to an aromatic ring is 1. The van der Waals surface area contributed by atoms with Crippen LogP contribution in [0.1, 0.15) is 18.5 Å². The normalized spacial score (nSPS) is 11.5. The Morgan fingerprint density at radius 3 is 2.95 bits per heavy atom. The van der Waals surface area contributed by atoms with E-state index in [1.165, 1.54) is 6.33 Å². The van der Waals surface area contributed by atoms with Crippen LogP contribution < -0.4 is 5.73 Å². The van der Waals surface area contributed by atoms with Crippen molar-refractivity contribution in [2.45, 2.75) is 33.4 Å². The fourth-order valence-electron chi connectivity index (χ4n) is 2.20. The van der Waals surface area contributed by atoms with Crippen molar-refractivity contribution in [3.05, 3.63) is 17.9 Å². The molecule has 0 radical (unpaired) electrons. The van der Waals surface area contributed by atoms with E-state index in [2.05, 4.69) is 20.2 Å². The van der Waals surface area contributed by atoms with Gasteiger partial charge < -0.3 is 10.3 Å². The quantitative estimate of drug-likeness (QED) is 0.744. The van der Waals surface area contributed by atoms with E-state index < -0.39 is 0 Å². The largest absolute Gasteiger partial charge is 0.369 e. The number of hydrogen-bond donors (Lipinski definition) is 1. The number of hydrogen-bond acceptors (Lipinski definition) is 6. The Kier molecular flexibility index (Phi) is 2.69. The predicted octanol–water partition coefficient (Wildman–Crippen LogP) is 0.769. The molecule has 8 heteroatoms. The van der Waals surface area contributed by atoms with Gasteiger partial charge in [0.05, 0.1) is 5.69 Å². The lowest BCUT2D eigenvalue weighted by Crippen LogP contribution is -2.10. The van der Waals surface area contributed by atoms with Crippen LogP contribution in [0.2, 0.25) is 0 Å². The van der Waals surface area contributed by atoms with Crippen molar-refractivity contribution in [2.24, 2.45) is 0 Å². The second-order valence-corrected chi connectivity index (χ2v) is 4.28. The van der Waals surface area contributed by atoms with Crippen molar-refractivity contribution < 1.29 is 4.52 Å². The summed E-state index contributed by atoms with van der Waals surface area (Å²) >= 11 is 0. The van der Waals surface area contributed by atoms with Gasteiger partial charge >= 0.3 is 0 Å². The van der Waals surface area contributed by atoms with E-state index in [1.54, 1.807) is 0 Å². The van der Waals surface area contributed by atoms with Crippen LogP contribution in [0, 0.1) is 6.92 Å². The van der Waals surface area contributed by atoms with E-state index in [0.29, 0.717) is 24.8 Å². The number of imidazole rings is 1. The lowest BCUT2D eigenvalue weighted by Gasteiger charge is -2.06. The lowest BCUT2D eigenvalue weighted by atomic mass is 10.4. The van der Waals surface area contributed by atoms with Crippen LogP contribution >= 0.6 is 0 Å². The number of nitrogens with zero attached hydrogens (tertiary/aromatic N) is 6. The predicted molar refractivity (Wildman–Crippen MR) is 68.3 cm³/mol. The monoisotopic (exact) mass is 261 g/mol. The standard InChI is InChI=1S/C11H15N7O/c1-3-18-10-9(7(2)16-18)15-11(12)17(10)5-4-8-13-6-14-19-8/h6H,3-5H2,1-2H3,(H2,12,15). The van der Waals surface area contributed by atoms with E-state index in [0.717, 1.165) is 23.4 Å². The average molecular weight is 261 g/mol. The number of rotatable bonds is 4. The minimum absolute atomic E-state index is 0.484. The van der Waals surface area contributed by atoms with E-state index in [1.807, 2.05) is 23.1 Å². The van der Waals surface area contributed by atoms with Crippen molar-refractivity contribution in [2.75, 3.05) is 5.73 Å². The molecule has 3 heterocycles. The first-order valence-electron chi connectivity index (χ1n) is 6.15. The number of nitrogens with two attached hydrogens (primary N) is 1.